The van der Waals surface area contributed by atoms with Gasteiger partial charge in [0.15, 0.2) is 5.13 Å². The molecule has 0 N–H and O–H groups in total. The number of anilines is 1. The molecule has 2 aromatic heterocycles. The third-order valence-electron chi connectivity index (χ3n) is 5.09. The molecule has 1 amide bonds. The zero-order valence-corrected chi connectivity index (χ0v) is 21.0. The van der Waals surface area contributed by atoms with Crippen LogP contribution in [-0.4, -0.2) is 49.8 Å². The molecule has 0 bridgehead atoms. The van der Waals surface area contributed by atoms with Crippen LogP contribution in [0.2, 0.25) is 5.02 Å². The van der Waals surface area contributed by atoms with Gasteiger partial charge in [0.05, 0.1) is 28.3 Å². The van der Waals surface area contributed by atoms with Gasteiger partial charge in [-0.25, -0.2) is 17.7 Å². The van der Waals surface area contributed by atoms with Crippen molar-refractivity contribution in [1.82, 2.24) is 14.3 Å². The van der Waals surface area contributed by atoms with Crippen LogP contribution in [0, 0.1) is 0 Å². The van der Waals surface area contributed by atoms with E-state index >= 15 is 0 Å². The number of ether oxygens (including phenoxy) is 1. The van der Waals surface area contributed by atoms with E-state index in [1.54, 1.807) is 37.7 Å². The normalized spacial score (nSPS) is 11.7. The maximum Gasteiger partial charge on any atom is 0.260 e. The second-order valence-corrected chi connectivity index (χ2v) is 11.0. The van der Waals surface area contributed by atoms with Crippen LogP contribution in [0.3, 0.4) is 0 Å². The lowest BCUT2D eigenvalue weighted by atomic mass is 10.2. The maximum atomic E-state index is 13.6. The highest BCUT2D eigenvalue weighted by Crippen LogP contribution is 2.39. The average molecular weight is 517 g/mol. The van der Waals surface area contributed by atoms with E-state index < -0.39 is 10.0 Å². The Bertz CT molecular complexity index is 1440. The molecule has 0 aliphatic carbocycles. The number of fused-ring (bicyclic) bond motifs is 1. The van der Waals surface area contributed by atoms with Crippen molar-refractivity contribution in [3.8, 4) is 5.75 Å². The quantitative estimate of drug-likeness (QED) is 0.360. The topological polar surface area (TPSA) is 92.7 Å². The summed E-state index contributed by atoms with van der Waals surface area (Å²) in [6.45, 7) is 0.212. The van der Waals surface area contributed by atoms with Gasteiger partial charge in [-0.05, 0) is 48.0 Å². The lowest BCUT2D eigenvalue weighted by Crippen LogP contribution is -2.30. The number of carbonyl (C=O) groups is 1. The third-order valence-corrected chi connectivity index (χ3v) is 8.45. The fraction of sp³-hybridized carbons (Fsp3) is 0.174. The summed E-state index contributed by atoms with van der Waals surface area (Å²) in [5, 5.41) is 0.937. The first-order valence-electron chi connectivity index (χ1n) is 10.1. The molecule has 0 unspecified atom stereocenters. The summed E-state index contributed by atoms with van der Waals surface area (Å²) in [5.41, 5.74) is 1.69. The zero-order chi connectivity index (χ0) is 24.5. The Labute approximate surface area is 206 Å². The van der Waals surface area contributed by atoms with Gasteiger partial charge in [0.2, 0.25) is 10.0 Å². The Hall–Kier alpha value is -3.05. The lowest BCUT2D eigenvalue weighted by Gasteiger charge is -2.20. The van der Waals surface area contributed by atoms with E-state index in [1.807, 2.05) is 6.07 Å². The summed E-state index contributed by atoms with van der Waals surface area (Å²) in [4.78, 5) is 24.0. The van der Waals surface area contributed by atoms with Gasteiger partial charge in [0, 0.05) is 32.1 Å². The lowest BCUT2D eigenvalue weighted by molar-refractivity contribution is 0.0985. The number of aromatic nitrogens is 2. The molecular weight excluding hydrogens is 496 g/mol. The van der Waals surface area contributed by atoms with Crippen molar-refractivity contribution in [3.63, 3.8) is 0 Å². The Morgan fingerprint density at radius 1 is 1.12 bits per heavy atom. The smallest absolute Gasteiger partial charge is 0.260 e. The molecule has 0 aliphatic rings. The second kappa shape index (κ2) is 9.67. The first-order chi connectivity index (χ1) is 16.2. The summed E-state index contributed by atoms with van der Waals surface area (Å²) >= 11 is 7.66. The van der Waals surface area contributed by atoms with E-state index in [2.05, 4.69) is 9.97 Å². The van der Waals surface area contributed by atoms with E-state index in [4.69, 9.17) is 16.3 Å². The number of sulfonamides is 1. The van der Waals surface area contributed by atoms with Crippen molar-refractivity contribution >= 4 is 54.2 Å². The fourth-order valence-corrected chi connectivity index (χ4v) is 5.41. The molecule has 4 rings (SSSR count). The molecule has 8 nitrogen and oxygen atoms in total. The van der Waals surface area contributed by atoms with Crippen molar-refractivity contribution in [1.29, 1.82) is 0 Å². The number of thiazole rings is 1. The molecule has 0 fully saturated rings. The second-order valence-electron chi connectivity index (χ2n) is 7.49. The SMILES string of the molecule is COc1ccc(Cl)c2sc(N(Cc3cccnc3)C(=O)c3ccc(S(=O)(=O)N(C)C)cc3)nc12. The minimum absolute atomic E-state index is 0.101. The van der Waals surface area contributed by atoms with Crippen LogP contribution in [0.1, 0.15) is 15.9 Å². The summed E-state index contributed by atoms with van der Waals surface area (Å²) in [6, 6.07) is 12.9. The van der Waals surface area contributed by atoms with Gasteiger partial charge in [-0.1, -0.05) is 29.0 Å². The zero-order valence-electron chi connectivity index (χ0n) is 18.6. The Balaban J connectivity index is 1.77. The molecule has 0 radical (unpaired) electrons. The number of methoxy groups -OCH3 is 1. The highest BCUT2D eigenvalue weighted by Gasteiger charge is 2.25. The number of pyridine rings is 1. The number of rotatable bonds is 7. The van der Waals surface area contributed by atoms with Crippen LogP contribution in [0.4, 0.5) is 5.13 Å². The molecule has 0 saturated heterocycles. The number of hydrogen-bond acceptors (Lipinski definition) is 7. The van der Waals surface area contributed by atoms with Crippen LogP contribution in [0.5, 0.6) is 5.75 Å². The van der Waals surface area contributed by atoms with E-state index in [0.29, 0.717) is 31.7 Å². The minimum Gasteiger partial charge on any atom is -0.494 e. The van der Waals surface area contributed by atoms with Crippen LogP contribution in [-0.2, 0) is 16.6 Å². The molecule has 176 valence electrons. The average Bonchev–Trinajstić information content (AvgIpc) is 3.29. The molecule has 0 atom stereocenters. The number of carbonyl (C=O) groups excluding carboxylic acids is 1. The molecule has 0 saturated carbocycles. The van der Waals surface area contributed by atoms with E-state index in [0.717, 1.165) is 9.87 Å². The highest BCUT2D eigenvalue weighted by molar-refractivity contribution is 7.89. The van der Waals surface area contributed by atoms with E-state index in [9.17, 15) is 13.2 Å². The van der Waals surface area contributed by atoms with Crippen molar-refractivity contribution < 1.29 is 17.9 Å². The highest BCUT2D eigenvalue weighted by atomic mass is 35.5. The Morgan fingerprint density at radius 2 is 1.85 bits per heavy atom. The summed E-state index contributed by atoms with van der Waals surface area (Å²) < 4.78 is 32.0. The molecular formula is C23H21ClN4O4S2. The number of hydrogen-bond donors (Lipinski definition) is 0. The number of amides is 1. The van der Waals surface area contributed by atoms with Crippen molar-refractivity contribution in [2.75, 3.05) is 26.1 Å². The summed E-state index contributed by atoms with van der Waals surface area (Å²) in [6.07, 6.45) is 3.33. The van der Waals surface area contributed by atoms with Gasteiger partial charge in [-0.15, -0.1) is 0 Å². The van der Waals surface area contributed by atoms with Gasteiger partial charge >= 0.3 is 0 Å². The maximum absolute atomic E-state index is 13.6. The molecule has 4 aromatic rings. The van der Waals surface area contributed by atoms with Crippen LogP contribution < -0.4 is 9.64 Å². The van der Waals surface area contributed by atoms with Crippen LogP contribution >= 0.6 is 22.9 Å². The number of benzene rings is 2. The van der Waals surface area contributed by atoms with E-state index in [-0.39, 0.29) is 17.3 Å². The van der Waals surface area contributed by atoms with Gasteiger partial charge in [0.25, 0.3) is 5.91 Å². The Kier molecular flexibility index (Phi) is 6.85. The first-order valence-corrected chi connectivity index (χ1v) is 12.7. The summed E-state index contributed by atoms with van der Waals surface area (Å²) in [7, 11) is 0.846. The summed E-state index contributed by atoms with van der Waals surface area (Å²) in [5.74, 6) is 0.209. The third kappa shape index (κ3) is 4.62. The van der Waals surface area contributed by atoms with Gasteiger partial charge in [-0.3, -0.25) is 14.7 Å². The first kappa shape index (κ1) is 24.1. The van der Waals surface area contributed by atoms with Crippen molar-refractivity contribution in [3.05, 3.63) is 77.1 Å². The standard InChI is InChI=1S/C23H21ClN4O4S2/c1-27(2)34(30,31)17-8-6-16(7-9-17)22(29)28(14-15-5-4-12-25-13-15)23-26-20-19(32-3)11-10-18(24)21(20)33-23/h4-13H,14H2,1-3H3. The minimum atomic E-state index is -3.61. The predicted molar refractivity (Wildman–Crippen MR) is 133 cm³/mol. The van der Waals surface area contributed by atoms with Crippen LogP contribution in [0.25, 0.3) is 10.2 Å². The number of nitrogens with zero attached hydrogens (tertiary/aromatic N) is 4. The molecule has 11 heteroatoms. The van der Waals surface area contributed by atoms with Gasteiger partial charge < -0.3 is 4.74 Å². The van der Waals surface area contributed by atoms with Crippen LogP contribution in [0.15, 0.2) is 65.8 Å². The molecule has 2 aromatic carbocycles. The van der Waals surface area contributed by atoms with Crippen molar-refractivity contribution in [2.24, 2.45) is 0 Å². The fourth-order valence-electron chi connectivity index (χ4n) is 3.26. The van der Waals surface area contributed by atoms with E-state index in [1.165, 1.54) is 54.6 Å². The van der Waals surface area contributed by atoms with Crippen molar-refractivity contribution in [2.45, 2.75) is 11.4 Å². The molecule has 0 aliphatic heterocycles. The number of halogens is 1. The molecule has 34 heavy (non-hydrogen) atoms. The predicted octanol–water partition coefficient (Wildman–Crippen LogP) is 4.45. The molecule has 0 spiro atoms. The largest absolute Gasteiger partial charge is 0.494 e. The monoisotopic (exact) mass is 516 g/mol. The Morgan fingerprint density at radius 3 is 2.47 bits per heavy atom. The van der Waals surface area contributed by atoms with Gasteiger partial charge in [-0.2, -0.15) is 0 Å². The molecule has 2 heterocycles. The van der Waals surface area contributed by atoms with Gasteiger partial charge in [0.1, 0.15) is 11.3 Å².